The highest BCUT2D eigenvalue weighted by molar-refractivity contribution is 5.72. The number of hydrogen-bond donors (Lipinski definition) is 2. The van der Waals surface area contributed by atoms with E-state index in [4.69, 9.17) is 9.72 Å². The first-order valence-electron chi connectivity index (χ1n) is 17.5. The molecule has 3 aliphatic carbocycles. The van der Waals surface area contributed by atoms with Crippen molar-refractivity contribution in [1.29, 1.82) is 0 Å². The van der Waals surface area contributed by atoms with Gasteiger partial charge in [-0.05, 0) is 132 Å². The number of aliphatic hydroxyl groups is 1. The van der Waals surface area contributed by atoms with Crippen molar-refractivity contribution in [2.45, 2.75) is 117 Å². The fourth-order valence-corrected chi connectivity index (χ4v) is 8.59. The van der Waals surface area contributed by atoms with Crippen LogP contribution in [0.25, 0.3) is 0 Å². The number of benzene rings is 1. The van der Waals surface area contributed by atoms with Crippen molar-refractivity contribution in [2.75, 3.05) is 26.2 Å². The van der Waals surface area contributed by atoms with Gasteiger partial charge in [-0.3, -0.25) is 19.6 Å². The molecule has 250 valence electrons. The van der Waals surface area contributed by atoms with Crippen molar-refractivity contribution in [3.05, 3.63) is 58.4 Å². The maximum atomic E-state index is 12.6. The number of likely N-dealkylation sites (N-methyl/N-ethyl adjacent to an activating group) is 1. The van der Waals surface area contributed by atoms with E-state index in [1.807, 2.05) is 50.8 Å². The Morgan fingerprint density at radius 2 is 1.67 bits per heavy atom. The highest BCUT2D eigenvalue weighted by atomic mass is 16.6. The highest BCUT2D eigenvalue weighted by Crippen LogP contribution is 2.64. The van der Waals surface area contributed by atoms with Gasteiger partial charge in [0.25, 0.3) is 0 Å². The first kappa shape index (κ1) is 34.4. The van der Waals surface area contributed by atoms with E-state index in [0.29, 0.717) is 43.0 Å². The van der Waals surface area contributed by atoms with E-state index < -0.39 is 11.2 Å². The summed E-state index contributed by atoms with van der Waals surface area (Å²) in [7, 11) is 0. The number of phenols is 1. The van der Waals surface area contributed by atoms with Crippen LogP contribution in [0.3, 0.4) is 0 Å². The Morgan fingerprint density at radius 1 is 1.00 bits per heavy atom. The second-order valence-corrected chi connectivity index (χ2v) is 15.1. The lowest BCUT2D eigenvalue weighted by Gasteiger charge is -2.52. The molecule has 7 nitrogen and oxygen atoms in total. The summed E-state index contributed by atoms with van der Waals surface area (Å²) in [5.41, 5.74) is 3.54. The van der Waals surface area contributed by atoms with E-state index in [-0.39, 0.29) is 17.9 Å². The number of pyridine rings is 1. The van der Waals surface area contributed by atoms with E-state index in [9.17, 15) is 15.0 Å². The number of rotatable bonds is 9. The zero-order valence-electron chi connectivity index (χ0n) is 29.2. The Balaban J connectivity index is 1.39. The summed E-state index contributed by atoms with van der Waals surface area (Å²) < 4.78 is 5.58. The van der Waals surface area contributed by atoms with Gasteiger partial charge in [0.05, 0.1) is 17.9 Å². The summed E-state index contributed by atoms with van der Waals surface area (Å²) in [6.07, 6.45) is 5.74. The molecule has 1 aromatic heterocycles. The molecule has 3 unspecified atom stereocenters. The third-order valence-corrected chi connectivity index (χ3v) is 11.1. The molecule has 2 aromatic rings. The Morgan fingerprint density at radius 3 is 2.33 bits per heavy atom. The van der Waals surface area contributed by atoms with Gasteiger partial charge in [-0.15, -0.1) is 0 Å². The van der Waals surface area contributed by atoms with Gasteiger partial charge in [-0.25, -0.2) is 0 Å². The van der Waals surface area contributed by atoms with Gasteiger partial charge in [0, 0.05) is 24.1 Å². The molecule has 3 aliphatic rings. The van der Waals surface area contributed by atoms with Crippen molar-refractivity contribution in [1.82, 2.24) is 14.8 Å². The average Bonchev–Trinajstić information content (AvgIpc) is 3.27. The van der Waals surface area contributed by atoms with E-state index in [2.05, 4.69) is 49.6 Å². The molecule has 0 radical (unpaired) electrons. The van der Waals surface area contributed by atoms with Crippen LogP contribution in [-0.4, -0.2) is 68.3 Å². The molecule has 1 heterocycles. The SMILES string of the molecule is CCN(CC)Cc1cc(C#C[C@]2(O)CCC3C4CCc5cc(O)ccc5C4CC[C@@]32C)cc(CN(CC)CC(=O)OC(C)(C)C)n1. The Hall–Kier alpha value is -2.92. The normalized spacial score (nSPS) is 27.0. The largest absolute Gasteiger partial charge is 0.508 e. The molecule has 5 rings (SSSR count). The van der Waals surface area contributed by atoms with Gasteiger partial charge in [-0.1, -0.05) is 45.6 Å². The maximum absolute atomic E-state index is 12.6. The van der Waals surface area contributed by atoms with Crippen LogP contribution in [0.5, 0.6) is 5.75 Å². The Bertz CT molecular complexity index is 1470. The van der Waals surface area contributed by atoms with Crippen molar-refractivity contribution in [3.8, 4) is 17.6 Å². The number of nitrogens with zero attached hydrogens (tertiary/aromatic N) is 3. The van der Waals surface area contributed by atoms with Crippen LogP contribution in [0.15, 0.2) is 30.3 Å². The maximum Gasteiger partial charge on any atom is 0.320 e. The topological polar surface area (TPSA) is 86.1 Å². The molecule has 2 N–H and O–H groups in total. The lowest BCUT2D eigenvalue weighted by Crippen LogP contribution is -2.50. The second-order valence-electron chi connectivity index (χ2n) is 15.1. The number of carbonyl (C=O) groups excluding carboxylic acids is 1. The van der Waals surface area contributed by atoms with Crippen molar-refractivity contribution in [3.63, 3.8) is 0 Å². The predicted octanol–water partition coefficient (Wildman–Crippen LogP) is 6.43. The number of carbonyl (C=O) groups is 1. The highest BCUT2D eigenvalue weighted by Gasteiger charge is 2.61. The molecule has 0 spiro atoms. The zero-order chi connectivity index (χ0) is 33.3. The van der Waals surface area contributed by atoms with Crippen LogP contribution in [0, 0.1) is 29.1 Å². The van der Waals surface area contributed by atoms with Crippen LogP contribution in [0.1, 0.15) is 115 Å². The van der Waals surface area contributed by atoms with E-state index in [1.165, 1.54) is 11.1 Å². The molecule has 46 heavy (non-hydrogen) atoms. The van der Waals surface area contributed by atoms with Crippen molar-refractivity contribution < 1.29 is 19.7 Å². The molecular weight excluding hydrogens is 574 g/mol. The fourth-order valence-electron chi connectivity index (χ4n) is 8.59. The molecule has 0 amide bonds. The zero-order valence-corrected chi connectivity index (χ0v) is 29.2. The number of esters is 1. The summed E-state index contributed by atoms with van der Waals surface area (Å²) in [6, 6.07) is 10.0. The molecule has 2 fully saturated rings. The number of hydrogen-bond acceptors (Lipinski definition) is 7. The number of aryl methyl sites for hydroxylation is 1. The monoisotopic (exact) mass is 629 g/mol. The predicted molar refractivity (Wildman–Crippen MR) is 182 cm³/mol. The van der Waals surface area contributed by atoms with Crippen molar-refractivity contribution in [2.24, 2.45) is 17.3 Å². The molecule has 5 atom stereocenters. The number of phenolic OH excluding ortho intramolecular Hbond substituents is 1. The standard InChI is InChI=1S/C39H55N3O4/c1-8-41(9-2)24-29-21-27(22-30(40-29)25-42(10-3)26-36(44)46-37(4,5)6)15-19-39(45)20-17-35-34-13-11-28-23-31(43)12-14-32(28)33(34)16-18-38(35,39)7/h12,14,21-23,33-35,43,45H,8-11,13,16-18,20,24-26H2,1-7H3/t33?,34?,35?,38-,39-/m0/s1. The first-order valence-corrected chi connectivity index (χ1v) is 17.5. The summed E-state index contributed by atoms with van der Waals surface area (Å²) in [6.45, 7) is 18.3. The summed E-state index contributed by atoms with van der Waals surface area (Å²) in [5, 5.41) is 22.3. The van der Waals surface area contributed by atoms with Gasteiger partial charge in [-0.2, -0.15) is 0 Å². The Kier molecular flexibility index (Phi) is 10.2. The van der Waals surface area contributed by atoms with E-state index in [1.54, 1.807) is 0 Å². The number of aromatic hydroxyl groups is 1. The molecular formula is C39H55N3O4. The minimum atomic E-state index is -1.05. The van der Waals surface area contributed by atoms with Gasteiger partial charge < -0.3 is 14.9 Å². The third kappa shape index (κ3) is 7.30. The smallest absolute Gasteiger partial charge is 0.320 e. The molecule has 7 heteroatoms. The van der Waals surface area contributed by atoms with Crippen LogP contribution >= 0.6 is 0 Å². The molecule has 0 saturated heterocycles. The van der Waals surface area contributed by atoms with Gasteiger partial charge in [0.1, 0.15) is 17.0 Å². The lowest BCUT2D eigenvalue weighted by atomic mass is 9.53. The molecule has 1 aromatic carbocycles. The summed E-state index contributed by atoms with van der Waals surface area (Å²) in [4.78, 5) is 22.0. The van der Waals surface area contributed by atoms with Gasteiger partial charge >= 0.3 is 5.97 Å². The quantitative estimate of drug-likeness (QED) is 0.244. The van der Waals surface area contributed by atoms with Crippen LogP contribution < -0.4 is 0 Å². The summed E-state index contributed by atoms with van der Waals surface area (Å²) in [5.74, 6) is 8.43. The number of ether oxygens (including phenoxy) is 1. The van der Waals surface area contributed by atoms with Crippen molar-refractivity contribution >= 4 is 5.97 Å². The lowest BCUT2D eigenvalue weighted by molar-refractivity contribution is -0.156. The molecule has 0 bridgehead atoms. The minimum Gasteiger partial charge on any atom is -0.508 e. The molecule has 0 aliphatic heterocycles. The summed E-state index contributed by atoms with van der Waals surface area (Å²) >= 11 is 0. The van der Waals surface area contributed by atoms with E-state index >= 15 is 0 Å². The molecule has 2 saturated carbocycles. The first-order chi connectivity index (χ1) is 21.8. The van der Waals surface area contributed by atoms with Crippen LogP contribution in [-0.2, 0) is 29.0 Å². The van der Waals surface area contributed by atoms with Crippen LogP contribution in [0.4, 0.5) is 0 Å². The Labute approximate surface area is 276 Å². The number of fused-ring (bicyclic) bond motifs is 5. The fraction of sp³-hybridized carbons (Fsp3) is 0.641. The van der Waals surface area contributed by atoms with Gasteiger partial charge in [0.2, 0.25) is 0 Å². The third-order valence-electron chi connectivity index (χ3n) is 11.1. The van der Waals surface area contributed by atoms with Crippen LogP contribution in [0.2, 0.25) is 0 Å². The van der Waals surface area contributed by atoms with Gasteiger partial charge in [0.15, 0.2) is 0 Å². The average molecular weight is 630 g/mol. The second kappa shape index (κ2) is 13.7. The minimum absolute atomic E-state index is 0.198. The number of aromatic nitrogens is 1. The van der Waals surface area contributed by atoms with E-state index in [0.717, 1.165) is 68.7 Å².